The number of anilines is 1. The third-order valence-electron chi connectivity index (χ3n) is 2.89. The van der Waals surface area contributed by atoms with Crippen LogP contribution in [0.2, 0.25) is 0 Å². The first-order chi connectivity index (χ1) is 9.40. The van der Waals surface area contributed by atoms with Gasteiger partial charge in [-0.15, -0.1) is 0 Å². The first-order valence-electron chi connectivity index (χ1n) is 5.71. The maximum absolute atomic E-state index is 13.4. The molecule has 0 aromatic heterocycles. The average molecular weight is 283 g/mol. The van der Waals surface area contributed by atoms with Crippen molar-refractivity contribution in [3.05, 3.63) is 29.8 Å². The standard InChI is InChI=1S/C12H11F2N3O3/c1-17-11(19)7(5-15-12(17)20)10(18)16-9-4-6(13)2-3-8(9)14/h2-4,7H,5H2,1H3,(H,15,20)(H,16,18). The number of carbonyl (C=O) groups excluding carboxylic acids is 3. The van der Waals surface area contributed by atoms with Crippen molar-refractivity contribution in [2.45, 2.75) is 0 Å². The molecule has 20 heavy (non-hydrogen) atoms. The highest BCUT2D eigenvalue weighted by Crippen LogP contribution is 2.17. The van der Waals surface area contributed by atoms with E-state index in [0.717, 1.165) is 23.1 Å². The monoisotopic (exact) mass is 283 g/mol. The fourth-order valence-corrected chi connectivity index (χ4v) is 1.75. The Kier molecular flexibility index (Phi) is 3.64. The summed E-state index contributed by atoms with van der Waals surface area (Å²) in [4.78, 5) is 35.6. The van der Waals surface area contributed by atoms with Gasteiger partial charge in [0.25, 0.3) is 0 Å². The highest BCUT2D eigenvalue weighted by atomic mass is 19.1. The van der Waals surface area contributed by atoms with E-state index >= 15 is 0 Å². The largest absolute Gasteiger partial charge is 0.336 e. The predicted molar refractivity (Wildman–Crippen MR) is 64.6 cm³/mol. The van der Waals surface area contributed by atoms with Gasteiger partial charge in [-0.2, -0.15) is 0 Å². The van der Waals surface area contributed by atoms with Gasteiger partial charge in [0.15, 0.2) is 0 Å². The topological polar surface area (TPSA) is 78.5 Å². The molecule has 0 radical (unpaired) electrons. The van der Waals surface area contributed by atoms with Crippen molar-refractivity contribution in [2.24, 2.45) is 5.92 Å². The predicted octanol–water partition coefficient (Wildman–Crippen LogP) is 0.701. The molecule has 1 atom stereocenters. The Bertz CT molecular complexity index is 591. The number of nitrogens with one attached hydrogen (secondary N) is 2. The second-order valence-electron chi connectivity index (χ2n) is 4.25. The molecule has 0 spiro atoms. The third kappa shape index (κ3) is 2.58. The van der Waals surface area contributed by atoms with E-state index in [1.807, 2.05) is 0 Å². The Morgan fingerprint density at radius 1 is 1.40 bits per heavy atom. The first kappa shape index (κ1) is 13.9. The van der Waals surface area contributed by atoms with Gasteiger partial charge >= 0.3 is 6.03 Å². The van der Waals surface area contributed by atoms with Crippen LogP contribution in [0.4, 0.5) is 19.3 Å². The van der Waals surface area contributed by atoms with E-state index in [9.17, 15) is 23.2 Å². The summed E-state index contributed by atoms with van der Waals surface area (Å²) in [5.41, 5.74) is -0.359. The lowest BCUT2D eigenvalue weighted by atomic mass is 10.1. The summed E-state index contributed by atoms with van der Waals surface area (Å²) in [5, 5.41) is 4.48. The van der Waals surface area contributed by atoms with Crippen molar-refractivity contribution in [3.63, 3.8) is 0 Å². The Balaban J connectivity index is 2.14. The van der Waals surface area contributed by atoms with Crippen LogP contribution in [0.3, 0.4) is 0 Å². The lowest BCUT2D eigenvalue weighted by Gasteiger charge is -2.27. The van der Waals surface area contributed by atoms with E-state index in [-0.39, 0.29) is 12.2 Å². The van der Waals surface area contributed by atoms with Gasteiger partial charge in [-0.05, 0) is 12.1 Å². The average Bonchev–Trinajstić information content (AvgIpc) is 2.40. The molecule has 1 aromatic rings. The van der Waals surface area contributed by atoms with E-state index < -0.39 is 35.4 Å². The van der Waals surface area contributed by atoms with E-state index in [1.165, 1.54) is 7.05 Å². The van der Waals surface area contributed by atoms with Crippen LogP contribution in [-0.2, 0) is 9.59 Å². The molecule has 2 N–H and O–H groups in total. The zero-order valence-corrected chi connectivity index (χ0v) is 10.4. The number of nitrogens with zero attached hydrogens (tertiary/aromatic N) is 1. The number of halogens is 2. The van der Waals surface area contributed by atoms with Gasteiger partial charge in [-0.25, -0.2) is 13.6 Å². The van der Waals surface area contributed by atoms with Crippen molar-refractivity contribution < 1.29 is 23.2 Å². The summed E-state index contributed by atoms with van der Waals surface area (Å²) < 4.78 is 26.4. The minimum absolute atomic E-state index is 0.190. The fraction of sp³-hybridized carbons (Fsp3) is 0.250. The molecule has 6 nitrogen and oxygen atoms in total. The van der Waals surface area contributed by atoms with Crippen LogP contribution in [-0.4, -0.2) is 36.3 Å². The number of amides is 4. The molecule has 0 saturated carbocycles. The highest BCUT2D eigenvalue weighted by Gasteiger charge is 2.36. The van der Waals surface area contributed by atoms with Gasteiger partial charge in [0.05, 0.1) is 5.69 Å². The molecule has 1 fully saturated rings. The lowest BCUT2D eigenvalue weighted by molar-refractivity contribution is -0.138. The van der Waals surface area contributed by atoms with E-state index in [4.69, 9.17) is 0 Å². The Morgan fingerprint density at radius 2 is 2.10 bits per heavy atom. The van der Waals surface area contributed by atoms with Gasteiger partial charge in [0, 0.05) is 19.7 Å². The first-order valence-corrected chi connectivity index (χ1v) is 5.71. The molecule has 4 amide bonds. The summed E-state index contributed by atoms with van der Waals surface area (Å²) in [6.45, 7) is -0.190. The fourth-order valence-electron chi connectivity index (χ4n) is 1.75. The Morgan fingerprint density at radius 3 is 2.80 bits per heavy atom. The van der Waals surface area contributed by atoms with Crippen molar-refractivity contribution in [3.8, 4) is 0 Å². The molecule has 1 saturated heterocycles. The van der Waals surface area contributed by atoms with E-state index in [0.29, 0.717) is 0 Å². The molecule has 0 bridgehead atoms. The summed E-state index contributed by atoms with van der Waals surface area (Å²) in [6.07, 6.45) is 0. The number of rotatable bonds is 2. The van der Waals surface area contributed by atoms with Gasteiger partial charge in [0.1, 0.15) is 17.6 Å². The van der Waals surface area contributed by atoms with Crippen molar-refractivity contribution in [1.29, 1.82) is 0 Å². The SMILES string of the molecule is CN1C(=O)NCC(C(=O)Nc2cc(F)ccc2F)C1=O. The van der Waals surface area contributed by atoms with Crippen LogP contribution in [0.1, 0.15) is 0 Å². The van der Waals surface area contributed by atoms with Gasteiger partial charge in [0.2, 0.25) is 11.8 Å². The van der Waals surface area contributed by atoms with Crippen LogP contribution in [0.5, 0.6) is 0 Å². The number of urea groups is 1. The Hall–Kier alpha value is -2.51. The molecule has 0 aliphatic carbocycles. The molecule has 106 valence electrons. The lowest BCUT2D eigenvalue weighted by Crippen LogP contribution is -2.56. The number of benzene rings is 1. The molecule has 1 heterocycles. The van der Waals surface area contributed by atoms with Crippen LogP contribution >= 0.6 is 0 Å². The number of hydrogen-bond donors (Lipinski definition) is 2. The summed E-state index contributed by atoms with van der Waals surface area (Å²) in [5.74, 6) is -4.24. The van der Waals surface area contributed by atoms with Crippen LogP contribution in [0.25, 0.3) is 0 Å². The second-order valence-corrected chi connectivity index (χ2v) is 4.25. The smallest absolute Gasteiger partial charge is 0.323 e. The summed E-state index contributed by atoms with van der Waals surface area (Å²) >= 11 is 0. The maximum atomic E-state index is 13.4. The quantitative estimate of drug-likeness (QED) is 0.784. The van der Waals surface area contributed by atoms with Crippen molar-refractivity contribution in [2.75, 3.05) is 18.9 Å². The van der Waals surface area contributed by atoms with Crippen LogP contribution < -0.4 is 10.6 Å². The van der Waals surface area contributed by atoms with E-state index in [2.05, 4.69) is 10.6 Å². The molecule has 8 heteroatoms. The van der Waals surface area contributed by atoms with Gasteiger partial charge in [-0.1, -0.05) is 0 Å². The number of hydrogen-bond acceptors (Lipinski definition) is 3. The van der Waals surface area contributed by atoms with Crippen molar-refractivity contribution >= 4 is 23.5 Å². The van der Waals surface area contributed by atoms with E-state index in [1.54, 1.807) is 0 Å². The summed E-state index contributed by atoms with van der Waals surface area (Å²) in [6, 6.07) is 1.96. The number of imide groups is 1. The normalized spacial score (nSPS) is 18.8. The van der Waals surface area contributed by atoms with Gasteiger partial charge < -0.3 is 10.6 Å². The summed E-state index contributed by atoms with van der Waals surface area (Å²) in [7, 11) is 1.22. The minimum atomic E-state index is -1.18. The molecule has 2 rings (SSSR count). The molecule has 1 unspecified atom stereocenters. The number of carbonyl (C=O) groups is 3. The third-order valence-corrected chi connectivity index (χ3v) is 2.89. The minimum Gasteiger partial charge on any atom is -0.336 e. The molecular weight excluding hydrogens is 272 g/mol. The van der Waals surface area contributed by atoms with Crippen LogP contribution in [0, 0.1) is 17.6 Å². The molecule has 1 aliphatic rings. The van der Waals surface area contributed by atoms with Crippen molar-refractivity contribution in [1.82, 2.24) is 10.2 Å². The second kappa shape index (κ2) is 5.24. The highest BCUT2D eigenvalue weighted by molar-refractivity contribution is 6.12. The molecule has 1 aliphatic heterocycles. The zero-order valence-electron chi connectivity index (χ0n) is 10.4. The molecular formula is C12H11F2N3O3. The zero-order chi connectivity index (χ0) is 14.9. The molecule has 1 aromatic carbocycles. The van der Waals surface area contributed by atoms with Gasteiger partial charge in [-0.3, -0.25) is 14.5 Å². The Labute approximate surface area is 112 Å². The van der Waals surface area contributed by atoms with Crippen LogP contribution in [0.15, 0.2) is 18.2 Å². The maximum Gasteiger partial charge on any atom is 0.323 e.